The second-order valence-corrected chi connectivity index (χ2v) is 13.1. The summed E-state index contributed by atoms with van der Waals surface area (Å²) in [6, 6.07) is -0.430. The molecule has 6 rings (SSSR count). The molecular weight excluding hydrogens is 511 g/mol. The number of piperidine rings is 2. The van der Waals surface area contributed by atoms with Gasteiger partial charge in [-0.3, -0.25) is 4.90 Å². The average molecular weight is 554 g/mol. The van der Waals surface area contributed by atoms with Crippen LogP contribution in [0.5, 0.6) is 0 Å². The maximum Gasteiger partial charge on any atom is 0.317 e. The van der Waals surface area contributed by atoms with E-state index >= 15 is 8.78 Å². The van der Waals surface area contributed by atoms with Crippen molar-refractivity contribution in [3.63, 3.8) is 0 Å². The van der Waals surface area contributed by atoms with Crippen LogP contribution >= 0.6 is 0 Å². The number of amides is 2. The summed E-state index contributed by atoms with van der Waals surface area (Å²) in [4.78, 5) is 21.8. The van der Waals surface area contributed by atoms with Crippen LogP contribution in [0.2, 0.25) is 0 Å². The third kappa shape index (κ3) is 5.29. The molecule has 1 N–H and O–H groups in total. The topological polar surface area (TPSA) is 83.7 Å². The van der Waals surface area contributed by atoms with E-state index in [-0.39, 0.29) is 18.4 Å². The molecule has 3 saturated heterocycles. The van der Waals surface area contributed by atoms with Crippen molar-refractivity contribution in [2.75, 3.05) is 13.1 Å². The van der Waals surface area contributed by atoms with Crippen LogP contribution in [0.3, 0.4) is 0 Å². The number of aromatic nitrogens is 2. The van der Waals surface area contributed by atoms with Crippen LogP contribution in [-0.2, 0) is 10.2 Å². The highest BCUT2D eigenvalue weighted by Crippen LogP contribution is 2.44. The van der Waals surface area contributed by atoms with Crippen LogP contribution in [0.25, 0.3) is 0 Å². The first-order valence-corrected chi connectivity index (χ1v) is 14.9. The van der Waals surface area contributed by atoms with Crippen LogP contribution in [0.15, 0.2) is 4.52 Å². The quantitative estimate of drug-likeness (QED) is 0.538. The molecule has 0 spiro atoms. The molecule has 2 aliphatic carbocycles. The molecule has 0 radical (unpaired) electrons. The highest BCUT2D eigenvalue weighted by atomic mass is 19.3. The normalized spacial score (nSPS) is 37.7. The third-order valence-electron chi connectivity index (χ3n) is 9.98. The van der Waals surface area contributed by atoms with Gasteiger partial charge in [0.1, 0.15) is 12.2 Å². The number of halogens is 3. The van der Waals surface area contributed by atoms with E-state index in [1.54, 1.807) is 4.90 Å². The van der Waals surface area contributed by atoms with Crippen molar-refractivity contribution in [2.45, 2.75) is 145 Å². The first-order chi connectivity index (χ1) is 18.5. The number of hydrogen-bond donors (Lipinski definition) is 1. The zero-order chi connectivity index (χ0) is 27.5. The Kier molecular flexibility index (Phi) is 7.13. The first kappa shape index (κ1) is 27.3. The lowest BCUT2D eigenvalue weighted by Crippen LogP contribution is -2.61. The van der Waals surface area contributed by atoms with Crippen molar-refractivity contribution < 1.29 is 27.2 Å². The number of likely N-dealkylation sites (tertiary alicyclic amines) is 1. The molecule has 1 aromatic heterocycles. The highest BCUT2D eigenvalue weighted by Gasteiger charge is 2.51. The third-order valence-corrected chi connectivity index (χ3v) is 9.98. The van der Waals surface area contributed by atoms with Crippen molar-refractivity contribution in [2.24, 2.45) is 0 Å². The fraction of sp³-hybridized carbons (Fsp3) is 0.893. The van der Waals surface area contributed by atoms with Gasteiger partial charge in [0.25, 0.3) is 5.92 Å². The van der Waals surface area contributed by atoms with Crippen molar-refractivity contribution in [3.8, 4) is 0 Å². The summed E-state index contributed by atoms with van der Waals surface area (Å²) in [6.45, 7) is 7.23. The molecule has 3 aliphatic heterocycles. The van der Waals surface area contributed by atoms with E-state index in [0.717, 1.165) is 25.7 Å². The monoisotopic (exact) mass is 553 g/mol. The number of rotatable bonds is 6. The van der Waals surface area contributed by atoms with E-state index < -0.39 is 35.7 Å². The Hall–Kier alpha value is -1.88. The van der Waals surface area contributed by atoms with Gasteiger partial charge in [-0.25, -0.2) is 18.0 Å². The minimum atomic E-state index is -3.02. The maximum absolute atomic E-state index is 15.2. The van der Waals surface area contributed by atoms with Gasteiger partial charge in [-0.1, -0.05) is 12.1 Å². The number of hydrogen-bond acceptors (Lipinski definition) is 6. The van der Waals surface area contributed by atoms with E-state index in [1.165, 1.54) is 0 Å². The van der Waals surface area contributed by atoms with Gasteiger partial charge in [0.15, 0.2) is 5.82 Å². The molecule has 39 heavy (non-hydrogen) atoms. The summed E-state index contributed by atoms with van der Waals surface area (Å²) in [7, 11) is 0. The molecule has 218 valence electrons. The van der Waals surface area contributed by atoms with Crippen molar-refractivity contribution in [3.05, 3.63) is 11.7 Å². The van der Waals surface area contributed by atoms with Crippen molar-refractivity contribution in [1.82, 2.24) is 25.3 Å². The molecule has 0 aromatic carbocycles. The van der Waals surface area contributed by atoms with E-state index in [2.05, 4.69) is 34.2 Å². The fourth-order valence-electron chi connectivity index (χ4n) is 7.54. The molecule has 4 heterocycles. The smallest absolute Gasteiger partial charge is 0.317 e. The number of carbonyl (C=O) groups is 1. The van der Waals surface area contributed by atoms with Gasteiger partial charge in [0.2, 0.25) is 5.89 Å². The number of carbonyl (C=O) groups excluding carboxylic acids is 1. The second-order valence-electron chi connectivity index (χ2n) is 13.1. The van der Waals surface area contributed by atoms with Gasteiger partial charge in [0, 0.05) is 43.1 Å². The fourth-order valence-corrected chi connectivity index (χ4v) is 7.54. The predicted octanol–water partition coefficient (Wildman–Crippen LogP) is 4.93. The molecule has 2 unspecified atom stereocenters. The summed E-state index contributed by atoms with van der Waals surface area (Å²) in [5.41, 5.74) is -0.413. The van der Waals surface area contributed by atoms with Crippen LogP contribution in [0.1, 0.15) is 103 Å². The van der Waals surface area contributed by atoms with Crippen LogP contribution in [-0.4, -0.2) is 87.5 Å². The van der Waals surface area contributed by atoms with Crippen LogP contribution in [0.4, 0.5) is 18.0 Å². The van der Waals surface area contributed by atoms with E-state index in [9.17, 15) is 9.18 Å². The molecule has 5 fully saturated rings. The Morgan fingerprint density at radius 3 is 2.38 bits per heavy atom. The van der Waals surface area contributed by atoms with Gasteiger partial charge in [0.05, 0.1) is 18.1 Å². The summed E-state index contributed by atoms with van der Waals surface area (Å²) in [5.74, 6) is -2.45. The number of nitrogens with zero attached hydrogens (tertiary/aromatic N) is 4. The minimum Gasteiger partial charge on any atom is -0.372 e. The Balaban J connectivity index is 1.06. The molecule has 8 nitrogen and oxygen atoms in total. The lowest BCUT2D eigenvalue weighted by Gasteiger charge is -2.45. The highest BCUT2D eigenvalue weighted by molar-refractivity contribution is 5.75. The van der Waals surface area contributed by atoms with E-state index in [4.69, 9.17) is 9.26 Å². The summed E-state index contributed by atoms with van der Waals surface area (Å²) >= 11 is 0. The standard InChI is InChI=1S/C28H42F3N5O3/c1-16(2)36-17-6-7-18(36)14-19(13-17)38-22-5-4-8-28(30,31)23(22)32-26(37)35-11-9-27(3,10-12-35)25-33-24(39-34-25)20-15-21(20)29/h16-23H,4-15H2,1-3H3,(H,32,37)/t17?,18?,19?,20-,21+,22+,23-/m1/s1. The van der Waals surface area contributed by atoms with Crippen LogP contribution < -0.4 is 5.32 Å². The lowest BCUT2D eigenvalue weighted by molar-refractivity contribution is -0.152. The largest absolute Gasteiger partial charge is 0.372 e. The van der Waals surface area contributed by atoms with Gasteiger partial charge >= 0.3 is 6.03 Å². The Morgan fingerprint density at radius 1 is 1.10 bits per heavy atom. The number of nitrogens with one attached hydrogen (secondary N) is 1. The summed E-state index contributed by atoms with van der Waals surface area (Å²) in [6.07, 6.45) is 4.60. The summed E-state index contributed by atoms with van der Waals surface area (Å²) < 4.78 is 55.5. The van der Waals surface area contributed by atoms with E-state index in [0.29, 0.717) is 75.0 Å². The first-order valence-electron chi connectivity index (χ1n) is 14.9. The molecule has 11 heteroatoms. The molecule has 2 amide bonds. The van der Waals surface area contributed by atoms with Crippen molar-refractivity contribution >= 4 is 6.03 Å². The number of fused-ring (bicyclic) bond motifs is 2. The number of urea groups is 1. The average Bonchev–Trinajstić information content (AvgIpc) is 3.28. The van der Waals surface area contributed by atoms with E-state index in [1.807, 2.05) is 6.92 Å². The zero-order valence-electron chi connectivity index (χ0n) is 23.3. The molecular formula is C28H42F3N5O3. The second kappa shape index (κ2) is 10.2. The number of ether oxygens (including phenoxy) is 1. The minimum absolute atomic E-state index is 0.0466. The lowest BCUT2D eigenvalue weighted by atomic mass is 9.79. The van der Waals surface area contributed by atoms with Gasteiger partial charge < -0.3 is 19.5 Å². The Morgan fingerprint density at radius 2 is 1.77 bits per heavy atom. The van der Waals surface area contributed by atoms with Crippen LogP contribution in [0, 0.1) is 0 Å². The molecule has 1 aromatic rings. The van der Waals surface area contributed by atoms with Gasteiger partial charge in [-0.05, 0) is 71.6 Å². The molecule has 6 atom stereocenters. The van der Waals surface area contributed by atoms with Gasteiger partial charge in [-0.2, -0.15) is 4.98 Å². The summed E-state index contributed by atoms with van der Waals surface area (Å²) in [5, 5.41) is 6.79. The molecule has 2 saturated carbocycles. The SMILES string of the molecule is CC(C)N1C2CCC1CC(O[C@H]1CCCC(F)(F)[C@@H]1NC(=O)N1CCC(C)(c3noc([C@@H]4C[C@@H]4F)n3)CC1)C2. The van der Waals surface area contributed by atoms with Crippen molar-refractivity contribution in [1.29, 1.82) is 0 Å². The maximum atomic E-state index is 15.2. The predicted molar refractivity (Wildman–Crippen MR) is 138 cm³/mol. The zero-order valence-corrected chi connectivity index (χ0v) is 23.3. The molecule has 2 bridgehead atoms. The molecule has 5 aliphatic rings. The van der Waals surface area contributed by atoms with Gasteiger partial charge in [-0.15, -0.1) is 0 Å². The Bertz CT molecular complexity index is 1030. The number of alkyl halides is 3. The Labute approximate surface area is 228 Å².